The molecule has 2 heterocycles. The fraction of sp³-hybridized carbons (Fsp3) is 0.375. The number of benzene rings is 1. The van der Waals surface area contributed by atoms with E-state index in [0.717, 1.165) is 35.7 Å². The van der Waals surface area contributed by atoms with Crippen molar-refractivity contribution in [3.05, 3.63) is 41.6 Å². The van der Waals surface area contributed by atoms with Crippen molar-refractivity contribution in [2.75, 3.05) is 23.5 Å². The van der Waals surface area contributed by atoms with Gasteiger partial charge in [-0.2, -0.15) is 16.9 Å². The van der Waals surface area contributed by atoms with Crippen molar-refractivity contribution in [3.63, 3.8) is 0 Å². The average Bonchev–Trinajstić information content (AvgIpc) is 3.15. The van der Waals surface area contributed by atoms with Crippen LogP contribution in [0.25, 0.3) is 5.69 Å². The Morgan fingerprint density at radius 1 is 1.38 bits per heavy atom. The lowest BCUT2D eigenvalue weighted by Crippen LogP contribution is -2.33. The highest BCUT2D eigenvalue weighted by Crippen LogP contribution is 2.30. The first-order chi connectivity index (χ1) is 10.2. The van der Waals surface area contributed by atoms with Gasteiger partial charge < -0.3 is 4.90 Å². The molecule has 3 rings (SSSR count). The van der Waals surface area contributed by atoms with Crippen molar-refractivity contribution in [1.82, 2.24) is 9.78 Å². The summed E-state index contributed by atoms with van der Waals surface area (Å²) in [5.41, 5.74) is 2.46. The maximum Gasteiger partial charge on any atom is 0.155 e. The van der Waals surface area contributed by atoms with Crippen molar-refractivity contribution >= 4 is 23.9 Å². The van der Waals surface area contributed by atoms with E-state index in [0.29, 0.717) is 11.6 Å². The van der Waals surface area contributed by atoms with Gasteiger partial charge in [-0.05, 0) is 31.2 Å². The third-order valence-corrected chi connectivity index (χ3v) is 5.13. The maximum atomic E-state index is 11.5. The van der Waals surface area contributed by atoms with Gasteiger partial charge in [0.1, 0.15) is 5.82 Å². The Hall–Kier alpha value is -1.75. The van der Waals surface area contributed by atoms with Crippen LogP contribution in [0.15, 0.2) is 30.3 Å². The van der Waals surface area contributed by atoms with Crippen molar-refractivity contribution in [2.24, 2.45) is 0 Å². The molecule has 5 heteroatoms. The van der Waals surface area contributed by atoms with Crippen molar-refractivity contribution < 1.29 is 4.79 Å². The van der Waals surface area contributed by atoms with Gasteiger partial charge in [-0.15, -0.1) is 0 Å². The van der Waals surface area contributed by atoms with Crippen LogP contribution in [-0.4, -0.2) is 40.7 Å². The molecule has 0 amide bonds. The fourth-order valence-corrected chi connectivity index (χ4v) is 4.02. The number of aromatic nitrogens is 2. The molecule has 0 N–H and O–H groups in total. The molecule has 4 nitrogen and oxygen atoms in total. The van der Waals surface area contributed by atoms with Gasteiger partial charge in [0.15, 0.2) is 6.29 Å². The van der Waals surface area contributed by atoms with E-state index >= 15 is 0 Å². The van der Waals surface area contributed by atoms with Crippen LogP contribution in [0.3, 0.4) is 0 Å². The Bertz CT molecular complexity index is 632. The Balaban J connectivity index is 2.10. The van der Waals surface area contributed by atoms with Crippen LogP contribution < -0.4 is 4.90 Å². The van der Waals surface area contributed by atoms with E-state index in [1.807, 2.05) is 53.7 Å². The van der Waals surface area contributed by atoms with Gasteiger partial charge in [0.05, 0.1) is 16.9 Å². The third-order valence-electron chi connectivity index (χ3n) is 3.99. The van der Waals surface area contributed by atoms with E-state index in [1.54, 1.807) is 0 Å². The minimum atomic E-state index is 0.465. The second-order valence-corrected chi connectivity index (χ2v) is 6.47. The monoisotopic (exact) mass is 301 g/mol. The maximum absolute atomic E-state index is 11.5. The number of carbonyl (C=O) groups excluding carboxylic acids is 1. The molecule has 1 fully saturated rings. The van der Waals surface area contributed by atoms with Crippen LogP contribution in [-0.2, 0) is 0 Å². The minimum Gasteiger partial charge on any atom is -0.355 e. The van der Waals surface area contributed by atoms with E-state index in [4.69, 9.17) is 0 Å². The van der Waals surface area contributed by atoms with E-state index in [2.05, 4.69) is 17.0 Å². The van der Waals surface area contributed by atoms with E-state index in [-0.39, 0.29) is 0 Å². The zero-order valence-corrected chi connectivity index (χ0v) is 13.1. The van der Waals surface area contributed by atoms with Crippen LogP contribution in [0.1, 0.15) is 22.5 Å². The summed E-state index contributed by atoms with van der Waals surface area (Å²) in [6.45, 7) is 1.89. The van der Waals surface area contributed by atoms with Gasteiger partial charge in [0, 0.05) is 18.8 Å². The highest BCUT2D eigenvalue weighted by Gasteiger charge is 2.26. The van der Waals surface area contributed by atoms with E-state index in [1.165, 1.54) is 5.75 Å². The fourth-order valence-electron chi connectivity index (χ4n) is 2.75. The molecule has 1 aromatic heterocycles. The molecule has 1 atom stereocenters. The largest absolute Gasteiger partial charge is 0.355 e. The molecule has 1 aliphatic rings. The summed E-state index contributed by atoms with van der Waals surface area (Å²) in [7, 11) is 2.07. The molecule has 21 heavy (non-hydrogen) atoms. The van der Waals surface area contributed by atoms with E-state index in [9.17, 15) is 4.79 Å². The first kappa shape index (κ1) is 14.2. The van der Waals surface area contributed by atoms with Crippen LogP contribution in [0.4, 0.5) is 5.82 Å². The van der Waals surface area contributed by atoms with Crippen LogP contribution in [0.2, 0.25) is 0 Å². The van der Waals surface area contributed by atoms with Gasteiger partial charge in [-0.1, -0.05) is 18.2 Å². The number of aldehydes is 1. The normalized spacial score (nSPS) is 17.9. The molecule has 0 aliphatic carbocycles. The molecule has 1 aromatic carbocycles. The summed E-state index contributed by atoms with van der Waals surface area (Å²) in [5.74, 6) is 3.19. The zero-order valence-electron chi connectivity index (χ0n) is 12.3. The molecule has 0 bridgehead atoms. The Labute approximate surface area is 129 Å². The summed E-state index contributed by atoms with van der Waals surface area (Å²) in [6.07, 6.45) is 2.08. The number of anilines is 1. The lowest BCUT2D eigenvalue weighted by molar-refractivity contribution is 0.112. The number of hydrogen-bond donors (Lipinski definition) is 0. The van der Waals surface area contributed by atoms with Crippen LogP contribution in [0.5, 0.6) is 0 Å². The Morgan fingerprint density at radius 3 is 2.76 bits per heavy atom. The summed E-state index contributed by atoms with van der Waals surface area (Å²) >= 11 is 1.97. The van der Waals surface area contributed by atoms with E-state index < -0.39 is 0 Å². The molecule has 1 aliphatic heterocycles. The lowest BCUT2D eigenvalue weighted by Gasteiger charge is -2.27. The molecule has 1 unspecified atom stereocenters. The van der Waals surface area contributed by atoms with Gasteiger partial charge in [-0.25, -0.2) is 4.68 Å². The molecule has 0 radical (unpaired) electrons. The summed E-state index contributed by atoms with van der Waals surface area (Å²) in [6, 6.07) is 10.5. The number of carbonyl (C=O) groups is 1. The van der Waals surface area contributed by atoms with Crippen LogP contribution in [0, 0.1) is 6.92 Å². The quantitative estimate of drug-likeness (QED) is 0.814. The summed E-state index contributed by atoms with van der Waals surface area (Å²) < 4.78 is 1.89. The van der Waals surface area contributed by atoms with Gasteiger partial charge in [0.2, 0.25) is 0 Å². The lowest BCUT2D eigenvalue weighted by atomic mass is 10.2. The summed E-state index contributed by atoms with van der Waals surface area (Å²) in [5, 5.41) is 4.58. The summed E-state index contributed by atoms with van der Waals surface area (Å²) in [4.78, 5) is 13.7. The van der Waals surface area contributed by atoms with Crippen molar-refractivity contribution in [3.8, 4) is 5.69 Å². The molecular weight excluding hydrogens is 282 g/mol. The first-order valence-electron chi connectivity index (χ1n) is 7.13. The third kappa shape index (κ3) is 2.58. The number of hydrogen-bond acceptors (Lipinski definition) is 4. The number of nitrogens with zero attached hydrogens (tertiary/aromatic N) is 3. The molecule has 0 saturated carbocycles. The number of thioether (sulfide) groups is 1. The number of rotatable bonds is 4. The first-order valence-corrected chi connectivity index (χ1v) is 8.28. The van der Waals surface area contributed by atoms with Crippen molar-refractivity contribution in [1.29, 1.82) is 0 Å². The molecule has 0 spiro atoms. The molecular formula is C16H19N3OS. The standard InChI is InChI=1S/C16H19N3OS/c1-12-15(10-20)16(18(2)14-8-9-21-11-14)19(17-12)13-6-4-3-5-7-13/h3-7,10,14H,8-9,11H2,1-2H3. The number of para-hydroxylation sites is 1. The molecule has 110 valence electrons. The molecule has 1 saturated heterocycles. The second kappa shape index (κ2) is 5.93. The van der Waals surface area contributed by atoms with Gasteiger partial charge in [0.25, 0.3) is 0 Å². The van der Waals surface area contributed by atoms with Gasteiger partial charge >= 0.3 is 0 Å². The average molecular weight is 301 g/mol. The van der Waals surface area contributed by atoms with Crippen LogP contribution >= 0.6 is 11.8 Å². The predicted molar refractivity (Wildman–Crippen MR) is 87.8 cm³/mol. The SMILES string of the molecule is Cc1nn(-c2ccccc2)c(N(C)C2CCSC2)c1C=O. The highest BCUT2D eigenvalue weighted by atomic mass is 32.2. The topological polar surface area (TPSA) is 38.1 Å². The second-order valence-electron chi connectivity index (χ2n) is 5.32. The smallest absolute Gasteiger partial charge is 0.155 e. The predicted octanol–water partition coefficient (Wildman–Crippen LogP) is 2.93. The van der Waals surface area contributed by atoms with Gasteiger partial charge in [-0.3, -0.25) is 4.79 Å². The Morgan fingerprint density at radius 2 is 2.14 bits per heavy atom. The van der Waals surface area contributed by atoms with Crippen molar-refractivity contribution in [2.45, 2.75) is 19.4 Å². The zero-order chi connectivity index (χ0) is 14.8. The molecule has 2 aromatic rings. The Kier molecular flexibility index (Phi) is 4.01. The highest BCUT2D eigenvalue weighted by molar-refractivity contribution is 7.99. The minimum absolute atomic E-state index is 0.465. The number of aryl methyl sites for hydroxylation is 1.